The fourth-order valence-electron chi connectivity index (χ4n) is 1.61. The van der Waals surface area contributed by atoms with E-state index in [-0.39, 0.29) is 0 Å². The van der Waals surface area contributed by atoms with Crippen LogP contribution in [0.4, 0.5) is 0 Å². The minimum atomic E-state index is 0.438. The molecule has 1 aromatic carbocycles. The number of rotatable bonds is 5. The van der Waals surface area contributed by atoms with Gasteiger partial charge in [-0.1, -0.05) is 41.4 Å². The Labute approximate surface area is 132 Å². The molecule has 0 saturated heterocycles. The van der Waals surface area contributed by atoms with E-state index in [1.165, 1.54) is 0 Å². The Kier molecular flexibility index (Phi) is 5.40. The molecule has 0 spiro atoms. The van der Waals surface area contributed by atoms with Crippen LogP contribution in [0.15, 0.2) is 41.0 Å². The van der Waals surface area contributed by atoms with E-state index >= 15 is 0 Å². The molecule has 0 atom stereocenters. The average Bonchev–Trinajstić information content (AvgIpc) is 2.40. The Bertz CT molecular complexity index is 590. The maximum Gasteiger partial charge on any atom is 0.219 e. The summed E-state index contributed by atoms with van der Waals surface area (Å²) in [6.45, 7) is 5.00. The van der Waals surface area contributed by atoms with E-state index in [9.17, 15) is 0 Å². The van der Waals surface area contributed by atoms with Crippen molar-refractivity contribution in [1.29, 1.82) is 0 Å². The fraction of sp³-hybridized carbons (Fsp3) is 0.267. The van der Waals surface area contributed by atoms with Crippen molar-refractivity contribution in [2.24, 2.45) is 0 Å². The van der Waals surface area contributed by atoms with Gasteiger partial charge in [0.25, 0.3) is 0 Å². The molecule has 0 radical (unpaired) electrons. The molecule has 0 unspecified atom stereocenters. The summed E-state index contributed by atoms with van der Waals surface area (Å²) in [6.07, 6.45) is 1.74. The number of pyridine rings is 1. The molecule has 5 heteroatoms. The molecule has 0 aliphatic rings. The minimum Gasteiger partial charge on any atom is -0.437 e. The van der Waals surface area contributed by atoms with Crippen molar-refractivity contribution in [2.75, 3.05) is 0 Å². The Morgan fingerprint density at radius 3 is 2.80 bits per heavy atom. The van der Waals surface area contributed by atoms with E-state index in [1.54, 1.807) is 12.3 Å². The molecule has 0 saturated carbocycles. The summed E-state index contributed by atoms with van der Waals surface area (Å²) in [5.74, 6) is 1.13. The van der Waals surface area contributed by atoms with Crippen LogP contribution in [-0.4, -0.2) is 11.0 Å². The highest BCUT2D eigenvalue weighted by Gasteiger charge is 2.05. The van der Waals surface area contributed by atoms with Crippen molar-refractivity contribution in [1.82, 2.24) is 10.3 Å². The molecule has 20 heavy (non-hydrogen) atoms. The van der Waals surface area contributed by atoms with Crippen LogP contribution in [0.5, 0.6) is 11.6 Å². The molecule has 0 amide bonds. The molecule has 1 N–H and O–H groups in total. The molecule has 0 fully saturated rings. The molecular weight excluding hydrogens is 340 g/mol. The Morgan fingerprint density at radius 1 is 1.30 bits per heavy atom. The zero-order chi connectivity index (χ0) is 14.5. The van der Waals surface area contributed by atoms with Crippen LogP contribution in [0.25, 0.3) is 0 Å². The highest BCUT2D eigenvalue weighted by molar-refractivity contribution is 9.10. The number of aromatic nitrogens is 1. The van der Waals surface area contributed by atoms with Crippen molar-refractivity contribution in [2.45, 2.75) is 26.4 Å². The molecule has 0 aliphatic heterocycles. The first-order valence-electron chi connectivity index (χ1n) is 6.36. The number of nitrogens with one attached hydrogen (secondary N) is 1. The van der Waals surface area contributed by atoms with E-state index in [4.69, 9.17) is 16.3 Å². The zero-order valence-electron chi connectivity index (χ0n) is 11.4. The third-order valence-electron chi connectivity index (χ3n) is 2.62. The van der Waals surface area contributed by atoms with Crippen LogP contribution in [0.3, 0.4) is 0 Å². The highest BCUT2D eigenvalue weighted by Crippen LogP contribution is 2.31. The lowest BCUT2D eigenvalue weighted by molar-refractivity contribution is 0.461. The number of nitrogens with zero attached hydrogens (tertiary/aromatic N) is 1. The predicted molar refractivity (Wildman–Crippen MR) is 85.4 cm³/mol. The molecule has 1 heterocycles. The maximum atomic E-state index is 6.13. The predicted octanol–water partition coefficient (Wildman–Crippen LogP) is 4.79. The number of benzene rings is 1. The van der Waals surface area contributed by atoms with Crippen LogP contribution >= 0.6 is 27.5 Å². The van der Waals surface area contributed by atoms with Crippen LogP contribution in [0.1, 0.15) is 19.4 Å². The highest BCUT2D eigenvalue weighted by atomic mass is 79.9. The normalized spacial score (nSPS) is 10.8. The summed E-state index contributed by atoms with van der Waals surface area (Å²) in [6, 6.07) is 9.80. The zero-order valence-corrected chi connectivity index (χ0v) is 13.7. The van der Waals surface area contributed by atoms with E-state index in [2.05, 4.69) is 40.1 Å². The summed E-state index contributed by atoms with van der Waals surface area (Å²) >= 11 is 9.49. The number of hydrogen-bond donors (Lipinski definition) is 1. The van der Waals surface area contributed by atoms with Gasteiger partial charge in [0.1, 0.15) is 5.75 Å². The second-order valence-corrected chi connectivity index (χ2v) is 6.04. The Hall–Kier alpha value is -1.10. The van der Waals surface area contributed by atoms with Gasteiger partial charge >= 0.3 is 0 Å². The largest absolute Gasteiger partial charge is 0.437 e. The summed E-state index contributed by atoms with van der Waals surface area (Å²) in [5, 5.41) is 3.90. The van der Waals surface area contributed by atoms with Crippen LogP contribution in [0.2, 0.25) is 5.02 Å². The molecule has 2 aromatic rings. The molecule has 2 rings (SSSR count). The van der Waals surface area contributed by atoms with Gasteiger partial charge in [-0.25, -0.2) is 4.98 Å². The van der Waals surface area contributed by atoms with E-state index in [0.717, 1.165) is 16.6 Å². The smallest absolute Gasteiger partial charge is 0.219 e. The monoisotopic (exact) mass is 354 g/mol. The summed E-state index contributed by atoms with van der Waals surface area (Å²) < 4.78 is 6.63. The Morgan fingerprint density at radius 2 is 2.10 bits per heavy atom. The second kappa shape index (κ2) is 7.07. The van der Waals surface area contributed by atoms with Crippen molar-refractivity contribution in [3.05, 3.63) is 51.6 Å². The molecule has 0 bridgehead atoms. The van der Waals surface area contributed by atoms with E-state index < -0.39 is 0 Å². The molecule has 1 aromatic heterocycles. The topological polar surface area (TPSA) is 34.2 Å². The lowest BCUT2D eigenvalue weighted by atomic mass is 10.2. The van der Waals surface area contributed by atoms with Gasteiger partial charge in [0.15, 0.2) is 0 Å². The summed E-state index contributed by atoms with van der Waals surface area (Å²) in [5.41, 5.74) is 1.12. The Balaban J connectivity index is 2.11. The fourth-order valence-corrected chi connectivity index (χ4v) is 2.32. The van der Waals surface area contributed by atoms with Crippen molar-refractivity contribution >= 4 is 27.5 Å². The van der Waals surface area contributed by atoms with Gasteiger partial charge in [-0.15, -0.1) is 0 Å². The molecular formula is C15H16BrClN2O. The first kappa shape index (κ1) is 15.3. The van der Waals surface area contributed by atoms with Gasteiger partial charge in [0.05, 0.1) is 5.02 Å². The molecule has 106 valence electrons. The lowest BCUT2D eigenvalue weighted by Gasteiger charge is -2.10. The van der Waals surface area contributed by atoms with Gasteiger partial charge in [0.2, 0.25) is 5.88 Å². The van der Waals surface area contributed by atoms with E-state index in [0.29, 0.717) is 22.7 Å². The third kappa shape index (κ3) is 4.47. The third-order valence-corrected chi connectivity index (χ3v) is 3.41. The van der Waals surface area contributed by atoms with Gasteiger partial charge in [-0.05, 0) is 29.8 Å². The second-order valence-electron chi connectivity index (χ2n) is 4.71. The van der Waals surface area contributed by atoms with Gasteiger partial charge in [0, 0.05) is 29.3 Å². The minimum absolute atomic E-state index is 0.438. The standard InChI is InChI=1S/C15H16BrClN2O/c1-10(2)19-9-11-5-6-18-15(7-11)20-14-4-3-12(16)8-13(14)17/h3-8,10,19H,9H2,1-2H3. The number of halogens is 2. The van der Waals surface area contributed by atoms with Gasteiger partial charge in [-0.3, -0.25) is 0 Å². The number of hydrogen-bond acceptors (Lipinski definition) is 3. The quantitative estimate of drug-likeness (QED) is 0.837. The SMILES string of the molecule is CC(C)NCc1ccnc(Oc2ccc(Br)cc2Cl)c1. The molecule has 3 nitrogen and oxygen atoms in total. The average molecular weight is 356 g/mol. The van der Waals surface area contributed by atoms with Crippen molar-refractivity contribution < 1.29 is 4.74 Å². The van der Waals surface area contributed by atoms with E-state index in [1.807, 2.05) is 24.3 Å². The first-order chi connectivity index (χ1) is 9.54. The van der Waals surface area contributed by atoms with Gasteiger partial charge in [-0.2, -0.15) is 0 Å². The van der Waals surface area contributed by atoms with Crippen LogP contribution in [0, 0.1) is 0 Å². The van der Waals surface area contributed by atoms with Crippen molar-refractivity contribution in [3.63, 3.8) is 0 Å². The summed E-state index contributed by atoms with van der Waals surface area (Å²) in [7, 11) is 0. The lowest BCUT2D eigenvalue weighted by Crippen LogP contribution is -2.21. The van der Waals surface area contributed by atoms with Crippen LogP contribution in [-0.2, 0) is 6.54 Å². The van der Waals surface area contributed by atoms with Crippen molar-refractivity contribution in [3.8, 4) is 11.6 Å². The van der Waals surface area contributed by atoms with Gasteiger partial charge < -0.3 is 10.1 Å². The summed E-state index contributed by atoms with van der Waals surface area (Å²) in [4.78, 5) is 4.20. The first-order valence-corrected chi connectivity index (χ1v) is 7.53. The number of ether oxygens (including phenoxy) is 1. The van der Waals surface area contributed by atoms with Crippen LogP contribution < -0.4 is 10.1 Å². The molecule has 0 aliphatic carbocycles. The maximum absolute atomic E-state index is 6.13.